The van der Waals surface area contributed by atoms with E-state index in [0.29, 0.717) is 17.6 Å². The van der Waals surface area contributed by atoms with Gasteiger partial charge in [0.1, 0.15) is 0 Å². The number of likely N-dealkylation sites (tertiary alicyclic amines) is 1. The van der Waals surface area contributed by atoms with Gasteiger partial charge < -0.3 is 9.84 Å². The Kier molecular flexibility index (Phi) is 4.83. The third-order valence-corrected chi connectivity index (χ3v) is 5.55. The van der Waals surface area contributed by atoms with Crippen molar-refractivity contribution >= 4 is 5.78 Å². The fraction of sp³-hybridized carbons (Fsp3) is 0.381. The van der Waals surface area contributed by atoms with Gasteiger partial charge in [-0.1, -0.05) is 12.1 Å². The van der Waals surface area contributed by atoms with Gasteiger partial charge >= 0.3 is 0 Å². The van der Waals surface area contributed by atoms with Gasteiger partial charge in [0.15, 0.2) is 28.9 Å². The van der Waals surface area contributed by atoms with Crippen LogP contribution in [-0.2, 0) is 0 Å². The van der Waals surface area contributed by atoms with Crippen molar-refractivity contribution in [2.45, 2.75) is 18.9 Å². The normalized spacial score (nSPS) is 24.7. The third kappa shape index (κ3) is 3.81. The number of aromatic hydroxyl groups is 1. The predicted octanol–water partition coefficient (Wildman–Crippen LogP) is 3.64. The van der Waals surface area contributed by atoms with Crippen molar-refractivity contribution in [2.75, 3.05) is 19.6 Å². The van der Waals surface area contributed by atoms with E-state index in [4.69, 9.17) is 4.74 Å². The molecule has 2 aliphatic rings. The van der Waals surface area contributed by atoms with E-state index in [-0.39, 0.29) is 29.8 Å². The maximum absolute atomic E-state index is 13.7. The molecule has 4 nitrogen and oxygen atoms in total. The van der Waals surface area contributed by atoms with E-state index in [0.717, 1.165) is 32.0 Å². The van der Waals surface area contributed by atoms with Crippen molar-refractivity contribution < 1.29 is 23.4 Å². The van der Waals surface area contributed by atoms with Crippen molar-refractivity contribution in [1.82, 2.24) is 4.90 Å². The molecule has 1 heterocycles. The van der Waals surface area contributed by atoms with Crippen LogP contribution in [0, 0.1) is 23.5 Å². The van der Waals surface area contributed by atoms with Crippen LogP contribution in [0.1, 0.15) is 23.2 Å². The largest absolute Gasteiger partial charge is 0.505 e. The average Bonchev–Trinajstić information content (AvgIpc) is 3.17. The Hall–Kier alpha value is -2.47. The Balaban J connectivity index is 1.31. The molecule has 0 radical (unpaired) electrons. The van der Waals surface area contributed by atoms with E-state index >= 15 is 0 Å². The van der Waals surface area contributed by atoms with Gasteiger partial charge in [-0.15, -0.1) is 0 Å². The molecule has 0 unspecified atom stereocenters. The van der Waals surface area contributed by atoms with E-state index in [1.165, 1.54) is 18.2 Å². The number of benzene rings is 2. The Morgan fingerprint density at radius 2 is 1.78 bits per heavy atom. The van der Waals surface area contributed by atoms with Gasteiger partial charge in [0.25, 0.3) is 0 Å². The van der Waals surface area contributed by atoms with Crippen LogP contribution in [0.2, 0.25) is 0 Å². The highest BCUT2D eigenvalue weighted by Gasteiger charge is 2.42. The van der Waals surface area contributed by atoms with Gasteiger partial charge in [0, 0.05) is 18.7 Å². The summed E-state index contributed by atoms with van der Waals surface area (Å²) in [6.45, 7) is 1.80. The standard InChI is InChI=1S/C21H21F2NO3/c22-17-3-1-2-4-21(17)27-16-7-14-10-24(11-15(14)8-16)12-20(26)13-5-6-19(25)18(23)9-13/h1-6,9,14-16,25H,7-8,10-12H2/t14-,15+,16+. The number of hydrogen-bond donors (Lipinski definition) is 1. The number of carbonyl (C=O) groups is 1. The minimum atomic E-state index is -0.785. The second-order valence-corrected chi connectivity index (χ2v) is 7.45. The summed E-state index contributed by atoms with van der Waals surface area (Å²) in [6.07, 6.45) is 1.69. The molecule has 6 heteroatoms. The van der Waals surface area contributed by atoms with E-state index in [2.05, 4.69) is 4.90 Å². The number of Topliss-reactive ketones (excluding diaryl/α,β-unsaturated/α-hetero) is 1. The zero-order valence-electron chi connectivity index (χ0n) is 14.8. The molecule has 0 spiro atoms. The molecule has 0 amide bonds. The van der Waals surface area contributed by atoms with Crippen LogP contribution in [0.4, 0.5) is 8.78 Å². The molecule has 27 heavy (non-hydrogen) atoms. The molecule has 2 aromatic carbocycles. The number of ketones is 1. The smallest absolute Gasteiger partial charge is 0.176 e. The lowest BCUT2D eigenvalue weighted by Crippen LogP contribution is -2.30. The summed E-state index contributed by atoms with van der Waals surface area (Å²) in [5, 5.41) is 9.23. The van der Waals surface area contributed by atoms with E-state index in [9.17, 15) is 18.7 Å². The van der Waals surface area contributed by atoms with Crippen LogP contribution in [0.3, 0.4) is 0 Å². The fourth-order valence-corrected chi connectivity index (χ4v) is 4.26. The number of rotatable bonds is 5. The molecule has 142 valence electrons. The van der Waals surface area contributed by atoms with Crippen molar-refractivity contribution in [3.05, 3.63) is 59.7 Å². The Labute approximate surface area is 156 Å². The van der Waals surface area contributed by atoms with Gasteiger partial charge in [0.05, 0.1) is 12.6 Å². The fourth-order valence-electron chi connectivity index (χ4n) is 4.26. The summed E-state index contributed by atoms with van der Waals surface area (Å²) in [7, 11) is 0. The summed E-state index contributed by atoms with van der Waals surface area (Å²) < 4.78 is 33.0. The van der Waals surface area contributed by atoms with E-state index in [1.54, 1.807) is 18.2 Å². The third-order valence-electron chi connectivity index (χ3n) is 5.55. The molecule has 1 aliphatic heterocycles. The summed E-state index contributed by atoms with van der Waals surface area (Å²) in [6, 6.07) is 10.2. The van der Waals surface area contributed by atoms with Crippen LogP contribution in [0.15, 0.2) is 42.5 Å². The maximum Gasteiger partial charge on any atom is 0.176 e. The Bertz CT molecular complexity index is 843. The van der Waals surface area contributed by atoms with E-state index < -0.39 is 11.6 Å². The summed E-state index contributed by atoms with van der Waals surface area (Å²) >= 11 is 0. The minimum absolute atomic E-state index is 0.000876. The molecule has 3 atom stereocenters. The molecule has 0 bridgehead atoms. The number of halogens is 2. The van der Waals surface area contributed by atoms with Crippen LogP contribution in [0.5, 0.6) is 11.5 Å². The summed E-state index contributed by atoms with van der Waals surface area (Å²) in [5.41, 5.74) is 0.267. The lowest BCUT2D eigenvalue weighted by Gasteiger charge is -2.19. The molecule has 4 rings (SSSR count). The first-order valence-electron chi connectivity index (χ1n) is 9.15. The average molecular weight is 373 g/mol. The number of hydrogen-bond acceptors (Lipinski definition) is 4. The molecule has 2 fully saturated rings. The molecule has 1 saturated heterocycles. The highest BCUT2D eigenvalue weighted by Crippen LogP contribution is 2.40. The van der Waals surface area contributed by atoms with Gasteiger partial charge in [-0.2, -0.15) is 0 Å². The SMILES string of the molecule is O=C(CN1C[C@H]2C[C@H](Oc3ccccc3F)C[C@H]2C1)c1ccc(O)c(F)c1. The Morgan fingerprint density at radius 1 is 1.07 bits per heavy atom. The van der Waals surface area contributed by atoms with Gasteiger partial charge in [0.2, 0.25) is 0 Å². The second kappa shape index (κ2) is 7.27. The molecule has 0 aromatic heterocycles. The second-order valence-electron chi connectivity index (χ2n) is 7.45. The number of para-hydroxylation sites is 1. The van der Waals surface area contributed by atoms with Crippen LogP contribution >= 0.6 is 0 Å². The number of phenolic OH excluding ortho intramolecular Hbond substituents is 1. The minimum Gasteiger partial charge on any atom is -0.505 e. The molecular formula is C21H21F2NO3. The number of ether oxygens (including phenoxy) is 1. The number of fused-ring (bicyclic) bond motifs is 1. The first-order valence-corrected chi connectivity index (χ1v) is 9.15. The lowest BCUT2D eigenvalue weighted by molar-refractivity contribution is 0.0936. The Morgan fingerprint density at radius 3 is 2.44 bits per heavy atom. The molecule has 2 aromatic rings. The first-order chi connectivity index (χ1) is 13.0. The van der Waals surface area contributed by atoms with Crippen molar-refractivity contribution in [3.8, 4) is 11.5 Å². The van der Waals surface area contributed by atoms with Gasteiger partial charge in [-0.05, 0) is 55.0 Å². The highest BCUT2D eigenvalue weighted by molar-refractivity contribution is 5.97. The maximum atomic E-state index is 13.7. The quantitative estimate of drug-likeness (QED) is 0.813. The molecule has 1 aliphatic carbocycles. The number of carbonyl (C=O) groups excluding carboxylic acids is 1. The lowest BCUT2D eigenvalue weighted by atomic mass is 10.0. The van der Waals surface area contributed by atoms with Crippen LogP contribution in [-0.4, -0.2) is 41.5 Å². The van der Waals surface area contributed by atoms with Crippen molar-refractivity contribution in [1.29, 1.82) is 0 Å². The van der Waals surface area contributed by atoms with Crippen molar-refractivity contribution in [3.63, 3.8) is 0 Å². The predicted molar refractivity (Wildman–Crippen MR) is 95.9 cm³/mol. The number of nitrogens with zero attached hydrogens (tertiary/aromatic N) is 1. The molecule has 1 N–H and O–H groups in total. The topological polar surface area (TPSA) is 49.8 Å². The molecular weight excluding hydrogens is 352 g/mol. The number of phenols is 1. The zero-order valence-corrected chi connectivity index (χ0v) is 14.8. The highest BCUT2D eigenvalue weighted by atomic mass is 19.1. The van der Waals surface area contributed by atoms with Gasteiger partial charge in [-0.25, -0.2) is 8.78 Å². The van der Waals surface area contributed by atoms with Gasteiger partial charge in [-0.3, -0.25) is 9.69 Å². The summed E-state index contributed by atoms with van der Waals surface area (Å²) in [4.78, 5) is 14.5. The van der Waals surface area contributed by atoms with Crippen molar-refractivity contribution in [2.24, 2.45) is 11.8 Å². The first kappa shape index (κ1) is 17.9. The monoisotopic (exact) mass is 373 g/mol. The van der Waals surface area contributed by atoms with E-state index in [1.807, 2.05) is 0 Å². The molecule has 1 saturated carbocycles. The summed E-state index contributed by atoms with van der Waals surface area (Å²) in [5.74, 6) is -0.604. The zero-order chi connectivity index (χ0) is 19.0. The van der Waals surface area contributed by atoms with Crippen LogP contribution in [0.25, 0.3) is 0 Å². The van der Waals surface area contributed by atoms with Crippen LogP contribution < -0.4 is 4.74 Å².